The minimum Gasteiger partial charge on any atom is -0.489 e. The first-order chi connectivity index (χ1) is 9.48. The Kier molecular flexibility index (Phi) is 3.11. The third kappa shape index (κ3) is 2.23. The van der Waals surface area contributed by atoms with Crippen molar-refractivity contribution < 1.29 is 4.74 Å². The molecule has 0 atom stereocenters. The first kappa shape index (κ1) is 13.3. The van der Waals surface area contributed by atoms with Crippen molar-refractivity contribution in [1.29, 1.82) is 0 Å². The van der Waals surface area contributed by atoms with Crippen molar-refractivity contribution in [3.8, 4) is 5.75 Å². The number of aromatic nitrogens is 2. The van der Waals surface area contributed by atoms with E-state index in [1.54, 1.807) is 0 Å². The molecule has 0 bridgehead atoms. The molecule has 1 aliphatic carbocycles. The summed E-state index contributed by atoms with van der Waals surface area (Å²) < 4.78 is 7.98. The second kappa shape index (κ2) is 4.69. The van der Waals surface area contributed by atoms with E-state index in [2.05, 4.69) is 22.5 Å². The highest BCUT2D eigenvalue weighted by atomic mass is 16.5. The van der Waals surface area contributed by atoms with E-state index in [0.717, 1.165) is 23.3 Å². The fraction of sp³-hybridized carbons (Fsp3) is 0.562. The quantitative estimate of drug-likeness (QED) is 0.926. The number of fused-ring (bicyclic) bond motifs is 1. The Labute approximate surface area is 119 Å². The lowest BCUT2D eigenvalue weighted by atomic mass is 9.70. The van der Waals surface area contributed by atoms with E-state index in [1.165, 1.54) is 19.3 Å². The highest BCUT2D eigenvalue weighted by Crippen LogP contribution is 2.43. The first-order valence-corrected chi connectivity index (χ1v) is 7.40. The number of rotatable bonds is 4. The van der Waals surface area contributed by atoms with Gasteiger partial charge in [0, 0.05) is 6.54 Å². The van der Waals surface area contributed by atoms with Crippen molar-refractivity contribution in [3.05, 3.63) is 18.2 Å². The minimum atomic E-state index is 0.135. The summed E-state index contributed by atoms with van der Waals surface area (Å²) in [6.07, 6.45) is 4.00. The molecule has 108 valence electrons. The number of benzene rings is 1. The van der Waals surface area contributed by atoms with E-state index in [4.69, 9.17) is 10.5 Å². The van der Waals surface area contributed by atoms with Gasteiger partial charge in [-0.2, -0.15) is 0 Å². The molecule has 20 heavy (non-hydrogen) atoms. The molecular formula is C16H23N3O. The van der Waals surface area contributed by atoms with Gasteiger partial charge in [-0.1, -0.05) is 19.4 Å². The van der Waals surface area contributed by atoms with Crippen LogP contribution in [-0.2, 0) is 6.54 Å². The average molecular weight is 273 g/mol. The molecule has 0 spiro atoms. The summed E-state index contributed by atoms with van der Waals surface area (Å²) in [6, 6.07) is 6.05. The predicted molar refractivity (Wildman–Crippen MR) is 81.9 cm³/mol. The molecule has 1 aromatic carbocycles. The predicted octanol–water partition coefficient (Wildman–Crippen LogP) is 3.60. The van der Waals surface area contributed by atoms with Crippen molar-refractivity contribution in [3.63, 3.8) is 0 Å². The molecule has 2 aromatic rings. The number of hydrogen-bond donors (Lipinski definition) is 1. The minimum absolute atomic E-state index is 0.135. The molecule has 1 saturated carbocycles. The van der Waals surface area contributed by atoms with Gasteiger partial charge < -0.3 is 15.0 Å². The number of anilines is 1. The number of hydrogen-bond acceptors (Lipinski definition) is 3. The smallest absolute Gasteiger partial charge is 0.201 e. The molecule has 1 heterocycles. The zero-order valence-corrected chi connectivity index (χ0v) is 12.5. The lowest BCUT2D eigenvalue weighted by Crippen LogP contribution is -2.31. The average Bonchev–Trinajstić information content (AvgIpc) is 2.65. The van der Waals surface area contributed by atoms with E-state index >= 15 is 0 Å². The SMILES string of the molecule is CC(C)Oc1cccc2c1nc(N)n2CC1(C)CCC1. The van der Waals surface area contributed by atoms with Gasteiger partial charge in [0.15, 0.2) is 0 Å². The zero-order chi connectivity index (χ0) is 14.3. The molecule has 0 aliphatic heterocycles. The third-order valence-electron chi connectivity index (χ3n) is 4.23. The summed E-state index contributed by atoms with van der Waals surface area (Å²) in [6.45, 7) is 7.32. The Bertz CT molecular complexity index is 626. The third-order valence-corrected chi connectivity index (χ3v) is 4.23. The van der Waals surface area contributed by atoms with Crippen LogP contribution < -0.4 is 10.5 Å². The number of ether oxygens (including phenoxy) is 1. The van der Waals surface area contributed by atoms with Crippen LogP contribution in [0.25, 0.3) is 11.0 Å². The highest BCUT2D eigenvalue weighted by Gasteiger charge is 2.33. The van der Waals surface area contributed by atoms with Gasteiger partial charge in [0.05, 0.1) is 11.6 Å². The second-order valence-electron chi connectivity index (χ2n) is 6.51. The van der Waals surface area contributed by atoms with Crippen molar-refractivity contribution in [2.45, 2.75) is 52.7 Å². The van der Waals surface area contributed by atoms with Gasteiger partial charge in [-0.15, -0.1) is 0 Å². The van der Waals surface area contributed by atoms with Gasteiger partial charge in [-0.05, 0) is 44.2 Å². The van der Waals surface area contributed by atoms with Crippen LogP contribution in [0.1, 0.15) is 40.0 Å². The normalized spacial score (nSPS) is 17.4. The molecule has 0 amide bonds. The zero-order valence-electron chi connectivity index (χ0n) is 12.5. The molecule has 3 rings (SSSR count). The number of nitrogen functional groups attached to an aromatic ring is 1. The molecule has 1 aliphatic rings. The maximum absolute atomic E-state index is 6.14. The Morgan fingerprint density at radius 1 is 1.40 bits per heavy atom. The van der Waals surface area contributed by atoms with Crippen LogP contribution in [0.4, 0.5) is 5.95 Å². The van der Waals surface area contributed by atoms with Gasteiger partial charge >= 0.3 is 0 Å². The summed E-state index contributed by atoms with van der Waals surface area (Å²) in [5.74, 6) is 1.41. The van der Waals surface area contributed by atoms with Gasteiger partial charge in [0.25, 0.3) is 0 Å². The standard InChI is InChI=1S/C16H23N3O/c1-11(2)20-13-7-4-6-12-14(13)18-15(17)19(12)10-16(3)8-5-9-16/h4,6-7,11H,5,8-10H2,1-3H3,(H2,17,18). The topological polar surface area (TPSA) is 53.1 Å². The Morgan fingerprint density at radius 3 is 2.75 bits per heavy atom. The number of imidazole rings is 1. The lowest BCUT2D eigenvalue weighted by molar-refractivity contribution is 0.135. The Balaban J connectivity index is 2.02. The van der Waals surface area contributed by atoms with Crippen LogP contribution in [0.5, 0.6) is 5.75 Å². The van der Waals surface area contributed by atoms with Gasteiger partial charge in [-0.25, -0.2) is 4.98 Å². The monoisotopic (exact) mass is 273 g/mol. The van der Waals surface area contributed by atoms with Gasteiger partial charge in [0.2, 0.25) is 5.95 Å². The molecule has 2 N–H and O–H groups in total. The number of para-hydroxylation sites is 1. The molecule has 0 unspecified atom stereocenters. The summed E-state index contributed by atoms with van der Waals surface area (Å²) in [5, 5.41) is 0. The van der Waals surface area contributed by atoms with Crippen LogP contribution in [0.2, 0.25) is 0 Å². The molecule has 0 radical (unpaired) electrons. The van der Waals surface area contributed by atoms with Crippen molar-refractivity contribution >= 4 is 17.0 Å². The van der Waals surface area contributed by atoms with Crippen LogP contribution >= 0.6 is 0 Å². The van der Waals surface area contributed by atoms with E-state index in [1.807, 2.05) is 26.0 Å². The first-order valence-electron chi connectivity index (χ1n) is 7.40. The van der Waals surface area contributed by atoms with Gasteiger partial charge in [0.1, 0.15) is 11.3 Å². The molecular weight excluding hydrogens is 250 g/mol. The molecule has 1 aromatic heterocycles. The van der Waals surface area contributed by atoms with Crippen molar-refractivity contribution in [2.75, 3.05) is 5.73 Å². The maximum Gasteiger partial charge on any atom is 0.201 e. The van der Waals surface area contributed by atoms with E-state index in [-0.39, 0.29) is 6.10 Å². The molecule has 4 heteroatoms. The van der Waals surface area contributed by atoms with E-state index < -0.39 is 0 Å². The van der Waals surface area contributed by atoms with Crippen molar-refractivity contribution in [1.82, 2.24) is 9.55 Å². The van der Waals surface area contributed by atoms with Crippen LogP contribution in [0.15, 0.2) is 18.2 Å². The lowest BCUT2D eigenvalue weighted by Gasteiger charge is -2.38. The van der Waals surface area contributed by atoms with Crippen LogP contribution in [0, 0.1) is 5.41 Å². The molecule has 1 fully saturated rings. The summed E-state index contributed by atoms with van der Waals surface area (Å²) >= 11 is 0. The van der Waals surface area contributed by atoms with Crippen molar-refractivity contribution in [2.24, 2.45) is 5.41 Å². The van der Waals surface area contributed by atoms with E-state index in [0.29, 0.717) is 11.4 Å². The molecule has 4 nitrogen and oxygen atoms in total. The maximum atomic E-state index is 6.14. The number of nitrogens with two attached hydrogens (primary N) is 1. The Hall–Kier alpha value is -1.71. The Morgan fingerprint density at radius 2 is 2.15 bits per heavy atom. The van der Waals surface area contributed by atoms with Gasteiger partial charge in [-0.3, -0.25) is 0 Å². The summed E-state index contributed by atoms with van der Waals surface area (Å²) in [5.41, 5.74) is 8.46. The summed E-state index contributed by atoms with van der Waals surface area (Å²) in [7, 11) is 0. The highest BCUT2D eigenvalue weighted by molar-refractivity contribution is 5.84. The fourth-order valence-corrected chi connectivity index (χ4v) is 2.97. The molecule has 0 saturated heterocycles. The fourth-order valence-electron chi connectivity index (χ4n) is 2.97. The largest absolute Gasteiger partial charge is 0.489 e. The van der Waals surface area contributed by atoms with Crippen LogP contribution in [-0.4, -0.2) is 15.7 Å². The second-order valence-corrected chi connectivity index (χ2v) is 6.51. The van der Waals surface area contributed by atoms with E-state index in [9.17, 15) is 0 Å². The summed E-state index contributed by atoms with van der Waals surface area (Å²) in [4.78, 5) is 4.52. The van der Waals surface area contributed by atoms with Crippen LogP contribution in [0.3, 0.4) is 0 Å². The number of nitrogens with zero attached hydrogens (tertiary/aromatic N) is 2.